The second-order valence-corrected chi connectivity index (χ2v) is 7.78. The van der Waals surface area contributed by atoms with E-state index in [0.29, 0.717) is 10.0 Å². The van der Waals surface area contributed by atoms with E-state index in [2.05, 4.69) is 5.32 Å². The van der Waals surface area contributed by atoms with Gasteiger partial charge in [-0.2, -0.15) is 5.10 Å². The molecule has 4 rings (SSSR count). The van der Waals surface area contributed by atoms with Gasteiger partial charge in [0.1, 0.15) is 5.82 Å². The maximum atomic E-state index is 6.25. The van der Waals surface area contributed by atoms with Crippen LogP contribution in [0.25, 0.3) is 16.9 Å². The van der Waals surface area contributed by atoms with Crippen molar-refractivity contribution in [1.29, 1.82) is 0 Å². The van der Waals surface area contributed by atoms with Gasteiger partial charge >= 0.3 is 0 Å². The van der Waals surface area contributed by atoms with Gasteiger partial charge in [-0.3, -0.25) is 0 Å². The fourth-order valence-corrected chi connectivity index (χ4v) is 3.93. The number of hydrogen-bond acceptors (Lipinski definition) is 2. The number of nitrogens with one attached hydrogen (secondary N) is 1. The number of anilines is 1. The van der Waals surface area contributed by atoms with E-state index in [-0.39, 0.29) is 0 Å². The minimum Gasteiger partial charge on any atom is -0.370 e. The molecule has 1 N–H and O–H groups in total. The third-order valence-electron chi connectivity index (χ3n) is 4.71. The van der Waals surface area contributed by atoms with Gasteiger partial charge in [0.15, 0.2) is 0 Å². The van der Waals surface area contributed by atoms with Gasteiger partial charge in [0.25, 0.3) is 0 Å². The first kappa shape index (κ1) is 17.7. The van der Waals surface area contributed by atoms with Crippen molar-refractivity contribution in [3.05, 3.63) is 62.6 Å². The second kappa shape index (κ2) is 7.15. The summed E-state index contributed by atoms with van der Waals surface area (Å²) in [6.07, 6.45) is 3.24. The van der Waals surface area contributed by atoms with Gasteiger partial charge in [-0.1, -0.05) is 40.9 Å². The molecule has 0 atom stereocenters. The Morgan fingerprint density at radius 3 is 2.62 bits per heavy atom. The summed E-state index contributed by atoms with van der Waals surface area (Å²) in [6.45, 7) is 2.98. The zero-order chi connectivity index (χ0) is 18.3. The number of aryl methyl sites for hydroxylation is 1. The molecule has 0 saturated carbocycles. The van der Waals surface area contributed by atoms with Crippen LogP contribution in [0.4, 0.5) is 5.82 Å². The summed E-state index contributed by atoms with van der Waals surface area (Å²) in [4.78, 5) is 0. The van der Waals surface area contributed by atoms with Crippen molar-refractivity contribution < 1.29 is 0 Å². The van der Waals surface area contributed by atoms with Gasteiger partial charge in [-0.05, 0) is 62.1 Å². The third-order valence-corrected chi connectivity index (χ3v) is 5.68. The lowest BCUT2D eigenvalue weighted by atomic mass is 10.0. The normalized spacial score (nSPS) is 13.8. The molecule has 134 valence electrons. The fourth-order valence-electron chi connectivity index (χ4n) is 3.41. The van der Waals surface area contributed by atoms with Crippen molar-refractivity contribution in [3.63, 3.8) is 0 Å². The van der Waals surface area contributed by atoms with E-state index in [1.807, 2.05) is 48.0 Å². The summed E-state index contributed by atoms with van der Waals surface area (Å²) < 4.78 is 1.99. The third kappa shape index (κ3) is 3.20. The van der Waals surface area contributed by atoms with E-state index in [4.69, 9.17) is 39.9 Å². The number of rotatable bonds is 2. The Balaban J connectivity index is 1.93. The molecule has 1 aliphatic rings. The largest absolute Gasteiger partial charge is 0.370 e. The van der Waals surface area contributed by atoms with E-state index in [0.717, 1.165) is 59.2 Å². The standard InChI is InChI=1S/C20H18Cl3N3/c1-12-10-14(21)6-8-18(12)26-20-15(4-2-3-9-24-20)19(25-26)13-5-7-16(22)17(23)11-13/h5-8,10-11,24H,2-4,9H2,1H3. The highest BCUT2D eigenvalue weighted by atomic mass is 35.5. The van der Waals surface area contributed by atoms with Crippen molar-refractivity contribution in [2.45, 2.75) is 26.2 Å². The first-order chi connectivity index (χ1) is 12.5. The molecule has 3 nitrogen and oxygen atoms in total. The Bertz CT molecular complexity index is 979. The molecule has 1 aliphatic heterocycles. The first-order valence-corrected chi connectivity index (χ1v) is 9.75. The van der Waals surface area contributed by atoms with Crippen molar-refractivity contribution in [1.82, 2.24) is 9.78 Å². The summed E-state index contributed by atoms with van der Waals surface area (Å²) in [5.74, 6) is 1.05. The molecule has 0 aliphatic carbocycles. The van der Waals surface area contributed by atoms with Crippen LogP contribution in [0.5, 0.6) is 0 Å². The summed E-state index contributed by atoms with van der Waals surface area (Å²) in [7, 11) is 0. The highest BCUT2D eigenvalue weighted by Gasteiger charge is 2.22. The fraction of sp³-hybridized carbons (Fsp3) is 0.250. The van der Waals surface area contributed by atoms with Crippen molar-refractivity contribution in [2.75, 3.05) is 11.9 Å². The number of benzene rings is 2. The average Bonchev–Trinajstić information content (AvgIpc) is 2.79. The molecule has 3 aromatic rings. The van der Waals surface area contributed by atoms with Gasteiger partial charge in [0.2, 0.25) is 0 Å². The predicted octanol–water partition coefficient (Wildman–Crippen LogP) is 6.56. The lowest BCUT2D eigenvalue weighted by molar-refractivity contribution is 0.779. The highest BCUT2D eigenvalue weighted by molar-refractivity contribution is 6.42. The lowest BCUT2D eigenvalue weighted by Gasteiger charge is -2.11. The van der Waals surface area contributed by atoms with E-state index in [1.54, 1.807) is 0 Å². The maximum Gasteiger partial charge on any atom is 0.133 e. The smallest absolute Gasteiger partial charge is 0.133 e. The van der Waals surface area contributed by atoms with Gasteiger partial charge in [-0.25, -0.2) is 4.68 Å². The van der Waals surface area contributed by atoms with Crippen molar-refractivity contribution in [3.8, 4) is 16.9 Å². The molecule has 0 radical (unpaired) electrons. The Morgan fingerprint density at radius 1 is 1.00 bits per heavy atom. The molecule has 2 heterocycles. The minimum atomic E-state index is 0.539. The number of halogens is 3. The molecule has 1 aromatic heterocycles. The molecule has 26 heavy (non-hydrogen) atoms. The van der Waals surface area contributed by atoms with E-state index in [1.165, 1.54) is 5.56 Å². The van der Waals surface area contributed by atoms with Crippen LogP contribution in [0, 0.1) is 6.92 Å². The Labute approximate surface area is 167 Å². The van der Waals surface area contributed by atoms with Crippen LogP contribution in [0.3, 0.4) is 0 Å². The van der Waals surface area contributed by atoms with Crippen LogP contribution in [0.2, 0.25) is 15.1 Å². The molecule has 0 spiro atoms. The van der Waals surface area contributed by atoms with Crippen molar-refractivity contribution in [2.24, 2.45) is 0 Å². The van der Waals surface area contributed by atoms with Gasteiger partial charge in [-0.15, -0.1) is 0 Å². The summed E-state index contributed by atoms with van der Waals surface area (Å²) in [6, 6.07) is 11.5. The Kier molecular flexibility index (Phi) is 4.87. The van der Waals surface area contributed by atoms with Crippen LogP contribution in [-0.4, -0.2) is 16.3 Å². The summed E-state index contributed by atoms with van der Waals surface area (Å²) >= 11 is 18.5. The molecule has 0 saturated heterocycles. The van der Waals surface area contributed by atoms with Gasteiger partial charge in [0.05, 0.1) is 21.4 Å². The SMILES string of the molecule is Cc1cc(Cl)ccc1-n1nc(-c2ccc(Cl)c(Cl)c2)c2c1NCCCC2. The van der Waals surface area contributed by atoms with Gasteiger partial charge in [0, 0.05) is 22.7 Å². The first-order valence-electron chi connectivity index (χ1n) is 8.62. The van der Waals surface area contributed by atoms with Crippen LogP contribution < -0.4 is 5.32 Å². The number of nitrogens with zero attached hydrogens (tertiary/aromatic N) is 2. The molecule has 0 fully saturated rings. The second-order valence-electron chi connectivity index (χ2n) is 6.53. The monoisotopic (exact) mass is 405 g/mol. The van der Waals surface area contributed by atoms with Crippen LogP contribution in [-0.2, 0) is 6.42 Å². The molecule has 0 amide bonds. The van der Waals surface area contributed by atoms with E-state index >= 15 is 0 Å². The Morgan fingerprint density at radius 2 is 1.85 bits per heavy atom. The number of fused-ring (bicyclic) bond motifs is 1. The molecular weight excluding hydrogens is 389 g/mol. The van der Waals surface area contributed by atoms with E-state index < -0.39 is 0 Å². The minimum absolute atomic E-state index is 0.539. The summed E-state index contributed by atoms with van der Waals surface area (Å²) in [5, 5.41) is 10.3. The molecule has 0 bridgehead atoms. The quantitative estimate of drug-likeness (QED) is 0.522. The zero-order valence-electron chi connectivity index (χ0n) is 14.3. The van der Waals surface area contributed by atoms with Crippen LogP contribution in [0.1, 0.15) is 24.0 Å². The topological polar surface area (TPSA) is 29.9 Å². The number of hydrogen-bond donors (Lipinski definition) is 1. The average molecular weight is 407 g/mol. The number of aromatic nitrogens is 2. The van der Waals surface area contributed by atoms with E-state index in [9.17, 15) is 0 Å². The maximum absolute atomic E-state index is 6.25. The predicted molar refractivity (Wildman–Crippen MR) is 110 cm³/mol. The lowest BCUT2D eigenvalue weighted by Crippen LogP contribution is -2.08. The van der Waals surface area contributed by atoms with Crippen molar-refractivity contribution >= 4 is 40.6 Å². The summed E-state index contributed by atoms with van der Waals surface area (Å²) in [5.41, 5.74) is 5.24. The zero-order valence-corrected chi connectivity index (χ0v) is 16.6. The highest BCUT2D eigenvalue weighted by Crippen LogP contribution is 2.36. The van der Waals surface area contributed by atoms with Gasteiger partial charge < -0.3 is 5.32 Å². The Hall–Kier alpha value is -1.68. The molecule has 6 heteroatoms. The molecular formula is C20H18Cl3N3. The molecule has 2 aromatic carbocycles. The molecule has 0 unspecified atom stereocenters. The van der Waals surface area contributed by atoms with Crippen LogP contribution in [0.15, 0.2) is 36.4 Å². The van der Waals surface area contributed by atoms with Crippen LogP contribution >= 0.6 is 34.8 Å².